The van der Waals surface area contributed by atoms with E-state index in [0.717, 1.165) is 18.8 Å². The first-order valence-electron chi connectivity index (χ1n) is 6.69. The summed E-state index contributed by atoms with van der Waals surface area (Å²) in [5, 5.41) is 0.138. The second kappa shape index (κ2) is 5.01. The van der Waals surface area contributed by atoms with Gasteiger partial charge in [0.25, 0.3) is 10.0 Å². The number of aryl methyl sites for hydroxylation is 1. The van der Waals surface area contributed by atoms with Crippen LogP contribution in [-0.2, 0) is 21.8 Å². The van der Waals surface area contributed by atoms with Gasteiger partial charge < -0.3 is 9.30 Å². The molecule has 1 spiro atoms. The maximum absolute atomic E-state index is 12.4. The zero-order valence-corrected chi connectivity index (χ0v) is 13.3. The fraction of sp³-hybridized carbons (Fsp3) is 0.750. The molecular weight excluding hydrogens is 298 g/mol. The number of hydrogen-bond acceptors (Lipinski definition) is 5. The second-order valence-corrected chi connectivity index (χ2v) is 8.80. The lowest BCUT2D eigenvalue weighted by Gasteiger charge is -2.45. The monoisotopic (exact) mass is 317 g/mol. The van der Waals surface area contributed by atoms with Gasteiger partial charge in [-0.1, -0.05) is 0 Å². The first kappa shape index (κ1) is 14.4. The van der Waals surface area contributed by atoms with E-state index in [-0.39, 0.29) is 15.9 Å². The molecule has 2 saturated heterocycles. The molecular formula is C12H19N3O3S2. The van der Waals surface area contributed by atoms with Crippen LogP contribution in [0, 0.1) is 0 Å². The normalized spacial score (nSPS) is 26.0. The molecule has 2 fully saturated rings. The Labute approximate surface area is 123 Å². The Morgan fingerprint density at radius 2 is 2.30 bits per heavy atom. The topological polar surface area (TPSA) is 64.4 Å². The van der Waals surface area contributed by atoms with Crippen LogP contribution in [0.5, 0.6) is 0 Å². The maximum atomic E-state index is 12.4. The third-order valence-electron chi connectivity index (χ3n) is 3.79. The highest BCUT2D eigenvalue weighted by atomic mass is 32.2. The van der Waals surface area contributed by atoms with Crippen LogP contribution in [0.2, 0.25) is 0 Å². The Kier molecular flexibility index (Phi) is 3.60. The first-order chi connectivity index (χ1) is 9.45. The molecule has 6 nitrogen and oxygen atoms in total. The molecule has 112 valence electrons. The largest absolute Gasteiger partial charge is 0.378 e. The molecule has 20 heavy (non-hydrogen) atoms. The van der Waals surface area contributed by atoms with Gasteiger partial charge in [-0.3, -0.25) is 0 Å². The fourth-order valence-corrected chi connectivity index (χ4v) is 6.08. The van der Waals surface area contributed by atoms with Crippen LogP contribution < -0.4 is 0 Å². The Bertz CT molecular complexity index is 593. The van der Waals surface area contributed by atoms with Crippen molar-refractivity contribution in [1.82, 2.24) is 13.9 Å². The number of hydrogen-bond donors (Lipinski definition) is 0. The molecule has 2 aliphatic rings. The summed E-state index contributed by atoms with van der Waals surface area (Å²) in [5.41, 5.74) is 0. The lowest BCUT2D eigenvalue weighted by molar-refractivity contribution is 0.0598. The molecule has 1 atom stereocenters. The summed E-state index contributed by atoms with van der Waals surface area (Å²) in [6.45, 7) is 3.85. The number of sulfonamides is 1. The van der Waals surface area contributed by atoms with Crippen LogP contribution in [0.15, 0.2) is 17.6 Å². The molecule has 1 aromatic heterocycles. The van der Waals surface area contributed by atoms with Crippen LogP contribution in [0.25, 0.3) is 0 Å². The standard InChI is InChI=1S/C12H19N3O3S2/c1-3-18-10-4-12(19-6-10)7-15(8-12)20(16,17)11-5-14(2)9-13-11/h5,9-10H,3-4,6-8H2,1-2H3/t10-/m1/s1. The molecule has 3 rings (SSSR count). The van der Waals surface area contributed by atoms with Crippen molar-refractivity contribution in [2.24, 2.45) is 7.05 Å². The summed E-state index contributed by atoms with van der Waals surface area (Å²) in [5.74, 6) is 0.964. The van der Waals surface area contributed by atoms with Crippen molar-refractivity contribution < 1.29 is 13.2 Å². The molecule has 8 heteroatoms. The highest BCUT2D eigenvalue weighted by Crippen LogP contribution is 2.47. The molecule has 0 unspecified atom stereocenters. The van der Waals surface area contributed by atoms with Crippen LogP contribution in [0.4, 0.5) is 0 Å². The van der Waals surface area contributed by atoms with Gasteiger partial charge in [0.1, 0.15) is 0 Å². The Morgan fingerprint density at radius 1 is 1.55 bits per heavy atom. The summed E-state index contributed by atoms with van der Waals surface area (Å²) in [6.07, 6.45) is 4.27. The van der Waals surface area contributed by atoms with Crippen LogP contribution in [0.1, 0.15) is 13.3 Å². The van der Waals surface area contributed by atoms with Gasteiger partial charge in [-0.05, 0) is 13.3 Å². The minimum absolute atomic E-state index is 0.0572. The van der Waals surface area contributed by atoms with E-state index in [4.69, 9.17) is 4.74 Å². The number of rotatable bonds is 4. The second-order valence-electron chi connectivity index (χ2n) is 5.43. The average molecular weight is 317 g/mol. The lowest BCUT2D eigenvalue weighted by Crippen LogP contribution is -2.60. The van der Waals surface area contributed by atoms with Gasteiger partial charge in [0, 0.05) is 43.4 Å². The SMILES string of the molecule is CCO[C@H]1CSC2(C1)CN(S(=O)(=O)c1cn(C)cn1)C2. The predicted octanol–water partition coefficient (Wildman–Crippen LogP) is 0.705. The molecule has 0 saturated carbocycles. The van der Waals surface area contributed by atoms with E-state index in [9.17, 15) is 8.42 Å². The maximum Gasteiger partial charge on any atom is 0.262 e. The minimum Gasteiger partial charge on any atom is -0.378 e. The quantitative estimate of drug-likeness (QED) is 0.818. The number of aromatic nitrogens is 2. The van der Waals surface area contributed by atoms with Gasteiger partial charge in [0.15, 0.2) is 5.03 Å². The molecule has 2 aliphatic heterocycles. The van der Waals surface area contributed by atoms with Gasteiger partial charge in [-0.15, -0.1) is 11.8 Å². The Balaban J connectivity index is 1.66. The summed E-state index contributed by atoms with van der Waals surface area (Å²) in [6, 6.07) is 0. The van der Waals surface area contributed by atoms with Gasteiger partial charge in [0.05, 0.1) is 12.4 Å². The van der Waals surface area contributed by atoms with Gasteiger partial charge >= 0.3 is 0 Å². The van der Waals surface area contributed by atoms with Crippen LogP contribution in [0.3, 0.4) is 0 Å². The third-order valence-corrected chi connectivity index (χ3v) is 7.04. The molecule has 0 N–H and O–H groups in total. The summed E-state index contributed by atoms with van der Waals surface area (Å²) in [7, 11) is -1.66. The highest BCUT2D eigenvalue weighted by molar-refractivity contribution is 8.01. The number of thioether (sulfide) groups is 1. The molecule has 1 aromatic rings. The van der Waals surface area contributed by atoms with Crippen molar-refractivity contribution in [3.63, 3.8) is 0 Å². The van der Waals surface area contributed by atoms with E-state index < -0.39 is 10.0 Å². The third kappa shape index (κ3) is 2.38. The predicted molar refractivity (Wildman–Crippen MR) is 77.2 cm³/mol. The molecule has 3 heterocycles. The molecule has 0 aromatic carbocycles. The van der Waals surface area contributed by atoms with E-state index in [2.05, 4.69) is 4.98 Å². The van der Waals surface area contributed by atoms with Crippen molar-refractivity contribution in [2.75, 3.05) is 25.4 Å². The smallest absolute Gasteiger partial charge is 0.262 e. The van der Waals surface area contributed by atoms with Crippen molar-refractivity contribution in [2.45, 2.75) is 29.2 Å². The fourth-order valence-electron chi connectivity index (χ4n) is 2.79. The zero-order valence-electron chi connectivity index (χ0n) is 11.7. The van der Waals surface area contributed by atoms with Gasteiger partial charge in [-0.25, -0.2) is 13.4 Å². The zero-order chi connectivity index (χ0) is 14.4. The van der Waals surface area contributed by atoms with E-state index in [1.54, 1.807) is 17.8 Å². The summed E-state index contributed by atoms with van der Waals surface area (Å²) >= 11 is 1.84. The number of nitrogens with zero attached hydrogens (tertiary/aromatic N) is 3. The molecule has 0 radical (unpaired) electrons. The van der Waals surface area contributed by atoms with Crippen molar-refractivity contribution in [1.29, 1.82) is 0 Å². The van der Waals surface area contributed by atoms with Crippen molar-refractivity contribution in [3.8, 4) is 0 Å². The van der Waals surface area contributed by atoms with E-state index in [0.29, 0.717) is 13.1 Å². The van der Waals surface area contributed by atoms with Crippen LogP contribution in [-0.4, -0.2) is 58.6 Å². The van der Waals surface area contributed by atoms with E-state index in [1.165, 1.54) is 10.6 Å². The first-order valence-corrected chi connectivity index (χ1v) is 9.11. The lowest BCUT2D eigenvalue weighted by atomic mass is 9.95. The summed E-state index contributed by atoms with van der Waals surface area (Å²) < 4.78 is 33.6. The summed E-state index contributed by atoms with van der Waals surface area (Å²) in [4.78, 5) is 3.95. The molecule has 0 aliphatic carbocycles. The van der Waals surface area contributed by atoms with Crippen molar-refractivity contribution >= 4 is 21.8 Å². The number of imidazole rings is 1. The average Bonchev–Trinajstić information content (AvgIpc) is 2.94. The Morgan fingerprint density at radius 3 is 2.90 bits per heavy atom. The van der Waals surface area contributed by atoms with Crippen molar-refractivity contribution in [3.05, 3.63) is 12.5 Å². The van der Waals surface area contributed by atoms with Gasteiger partial charge in [0.2, 0.25) is 0 Å². The molecule has 0 amide bonds. The van der Waals surface area contributed by atoms with E-state index >= 15 is 0 Å². The van der Waals surface area contributed by atoms with E-state index in [1.807, 2.05) is 18.7 Å². The molecule has 0 bridgehead atoms. The Hall–Kier alpha value is -0.570. The number of ether oxygens (including phenoxy) is 1. The highest BCUT2D eigenvalue weighted by Gasteiger charge is 2.53. The van der Waals surface area contributed by atoms with Gasteiger partial charge in [-0.2, -0.15) is 4.31 Å². The minimum atomic E-state index is -3.43. The van der Waals surface area contributed by atoms with Crippen LogP contribution >= 0.6 is 11.8 Å².